The van der Waals surface area contributed by atoms with Crippen LogP contribution in [0, 0.1) is 0 Å². The first-order chi connectivity index (χ1) is 19.1. The van der Waals surface area contributed by atoms with Crippen LogP contribution in [-0.4, -0.2) is 90.3 Å². The first-order valence-corrected chi connectivity index (χ1v) is 14.1. The first kappa shape index (κ1) is 27.2. The lowest BCUT2D eigenvalue weighted by Crippen LogP contribution is -2.49. The zero-order valence-corrected chi connectivity index (χ0v) is 22.6. The van der Waals surface area contributed by atoms with E-state index in [-0.39, 0.29) is 5.75 Å². The Morgan fingerprint density at radius 3 is 2.54 bits per heavy atom. The number of hydrogen-bond donors (Lipinski definition) is 3. The van der Waals surface area contributed by atoms with Gasteiger partial charge in [-0.05, 0) is 36.2 Å². The van der Waals surface area contributed by atoms with Crippen molar-refractivity contribution in [3.05, 3.63) is 83.9 Å². The second kappa shape index (κ2) is 13.1. The first-order valence-electron chi connectivity index (χ1n) is 13.3. The standard InChI is InChI=1S/C30H34N4O4S/c35-23-10-11-25-28(21-23)39-27-9-5-4-8-24(27)29(32-25)34-15-13-33(14-16-34)17-19-38-18-12-31-26(30(36)37)20-22-6-2-1-3-7-22/h1-11,21,26,31,35H,12-20H2,(H,36,37)/t26-/m1/s1. The van der Waals surface area contributed by atoms with Crippen LogP contribution in [0.15, 0.2) is 87.6 Å². The number of carboxylic acid groups (broad SMARTS) is 1. The van der Waals surface area contributed by atoms with E-state index < -0.39 is 12.0 Å². The zero-order chi connectivity index (χ0) is 27.0. The number of piperazine rings is 1. The van der Waals surface area contributed by atoms with Crippen LogP contribution in [0.4, 0.5) is 5.69 Å². The topological polar surface area (TPSA) is 97.6 Å². The Balaban J connectivity index is 1.08. The lowest BCUT2D eigenvalue weighted by atomic mass is 10.1. The van der Waals surface area contributed by atoms with Crippen molar-refractivity contribution in [3.8, 4) is 5.75 Å². The molecule has 1 fully saturated rings. The fraction of sp³-hybridized carbons (Fsp3) is 0.333. The number of carboxylic acids is 1. The molecule has 0 unspecified atom stereocenters. The van der Waals surface area contributed by atoms with Crippen LogP contribution in [0.1, 0.15) is 11.1 Å². The van der Waals surface area contributed by atoms with Crippen LogP contribution in [0.5, 0.6) is 5.75 Å². The molecule has 2 aliphatic heterocycles. The summed E-state index contributed by atoms with van der Waals surface area (Å²) in [5.41, 5.74) is 3.00. The van der Waals surface area contributed by atoms with Gasteiger partial charge in [0.1, 0.15) is 17.6 Å². The number of fused-ring (bicyclic) bond motifs is 2. The van der Waals surface area contributed by atoms with E-state index in [1.807, 2.05) is 48.5 Å². The fourth-order valence-electron chi connectivity index (χ4n) is 4.83. The molecule has 9 heteroatoms. The molecule has 204 valence electrons. The molecule has 2 aliphatic rings. The van der Waals surface area contributed by atoms with Gasteiger partial charge in [-0.1, -0.05) is 60.3 Å². The third-order valence-electron chi connectivity index (χ3n) is 6.96. The number of rotatable bonds is 10. The highest BCUT2D eigenvalue weighted by molar-refractivity contribution is 7.99. The number of phenols is 1. The number of nitrogens with one attached hydrogen (secondary N) is 1. The number of nitrogens with zero attached hydrogens (tertiary/aromatic N) is 3. The molecule has 0 radical (unpaired) electrons. The molecule has 39 heavy (non-hydrogen) atoms. The van der Waals surface area contributed by atoms with Crippen molar-refractivity contribution < 1.29 is 19.7 Å². The Kier molecular flexibility index (Phi) is 9.15. The predicted molar refractivity (Wildman–Crippen MR) is 153 cm³/mol. The minimum absolute atomic E-state index is 0.248. The third-order valence-corrected chi connectivity index (χ3v) is 8.08. The van der Waals surface area contributed by atoms with Crippen molar-refractivity contribution in [1.29, 1.82) is 0 Å². The van der Waals surface area contributed by atoms with Gasteiger partial charge in [0.25, 0.3) is 0 Å². The molecule has 0 bridgehead atoms. The molecule has 2 heterocycles. The molecule has 0 saturated carbocycles. The highest BCUT2D eigenvalue weighted by atomic mass is 32.2. The molecule has 5 rings (SSSR count). The molecule has 1 saturated heterocycles. The molecule has 3 aromatic carbocycles. The van der Waals surface area contributed by atoms with Crippen LogP contribution >= 0.6 is 11.8 Å². The lowest BCUT2D eigenvalue weighted by Gasteiger charge is -2.36. The smallest absolute Gasteiger partial charge is 0.321 e. The molecule has 8 nitrogen and oxygen atoms in total. The number of phenolic OH excluding ortho intramolecular Hbond substituents is 1. The van der Waals surface area contributed by atoms with Gasteiger partial charge in [0.2, 0.25) is 0 Å². The highest BCUT2D eigenvalue weighted by Crippen LogP contribution is 2.42. The molecule has 0 aliphatic carbocycles. The Bertz CT molecular complexity index is 1300. The molecule has 1 atom stereocenters. The number of aromatic hydroxyl groups is 1. The second-order valence-corrected chi connectivity index (χ2v) is 10.7. The maximum Gasteiger partial charge on any atom is 0.321 e. The number of aliphatic carboxylic acids is 1. The largest absolute Gasteiger partial charge is 0.508 e. The van der Waals surface area contributed by atoms with Crippen LogP contribution < -0.4 is 5.32 Å². The van der Waals surface area contributed by atoms with Gasteiger partial charge in [0.05, 0.1) is 18.9 Å². The zero-order valence-electron chi connectivity index (χ0n) is 21.8. The molecule has 0 amide bonds. The number of benzene rings is 3. The molecular weight excluding hydrogens is 512 g/mol. The summed E-state index contributed by atoms with van der Waals surface area (Å²) in [6, 6.07) is 22.7. The fourth-order valence-corrected chi connectivity index (χ4v) is 5.88. The van der Waals surface area contributed by atoms with Crippen molar-refractivity contribution in [2.24, 2.45) is 4.99 Å². The number of carbonyl (C=O) groups is 1. The summed E-state index contributed by atoms with van der Waals surface area (Å²) in [7, 11) is 0. The van der Waals surface area contributed by atoms with Gasteiger partial charge in [-0.15, -0.1) is 0 Å². The highest BCUT2D eigenvalue weighted by Gasteiger charge is 2.25. The molecule has 3 aromatic rings. The SMILES string of the molecule is O=C(O)[C@@H](Cc1ccccc1)NCCOCCN1CCN(C2=Nc3ccc(O)cc3Sc3ccccc32)CC1. The van der Waals surface area contributed by atoms with Gasteiger partial charge in [0.15, 0.2) is 0 Å². The summed E-state index contributed by atoms with van der Waals surface area (Å²) in [4.78, 5) is 23.5. The molecule has 0 aromatic heterocycles. The number of aliphatic imine (C=N–C) groups is 1. The summed E-state index contributed by atoms with van der Waals surface area (Å²) in [5, 5.41) is 22.6. The summed E-state index contributed by atoms with van der Waals surface area (Å²) in [5.74, 6) is 0.378. The Morgan fingerprint density at radius 1 is 0.974 bits per heavy atom. The third kappa shape index (κ3) is 7.19. The van der Waals surface area contributed by atoms with E-state index in [0.717, 1.165) is 65.2 Å². The predicted octanol–water partition coefficient (Wildman–Crippen LogP) is 3.85. The average Bonchev–Trinajstić information content (AvgIpc) is 3.11. The van der Waals surface area contributed by atoms with Gasteiger partial charge in [-0.3, -0.25) is 9.69 Å². The maximum absolute atomic E-state index is 11.6. The molecular formula is C30H34N4O4S. The summed E-state index contributed by atoms with van der Waals surface area (Å²) in [6.07, 6.45) is 0.447. The van der Waals surface area contributed by atoms with E-state index in [0.29, 0.717) is 26.2 Å². The molecule has 0 spiro atoms. The van der Waals surface area contributed by atoms with Crippen LogP contribution in [0.25, 0.3) is 0 Å². The van der Waals surface area contributed by atoms with E-state index in [4.69, 9.17) is 9.73 Å². The average molecular weight is 547 g/mol. The summed E-state index contributed by atoms with van der Waals surface area (Å²) >= 11 is 1.64. The lowest BCUT2D eigenvalue weighted by molar-refractivity contribution is -0.139. The maximum atomic E-state index is 11.6. The Labute approximate surface area is 233 Å². The van der Waals surface area contributed by atoms with Gasteiger partial charge in [-0.25, -0.2) is 4.99 Å². The van der Waals surface area contributed by atoms with Crippen molar-refractivity contribution >= 4 is 29.3 Å². The van der Waals surface area contributed by atoms with E-state index in [1.54, 1.807) is 23.9 Å². The van der Waals surface area contributed by atoms with Crippen LogP contribution in [0.2, 0.25) is 0 Å². The van der Waals surface area contributed by atoms with E-state index in [2.05, 4.69) is 27.2 Å². The Morgan fingerprint density at radius 2 is 1.74 bits per heavy atom. The quantitative estimate of drug-likeness (QED) is 0.330. The van der Waals surface area contributed by atoms with Crippen LogP contribution in [0.3, 0.4) is 0 Å². The van der Waals surface area contributed by atoms with Crippen molar-refractivity contribution in [1.82, 2.24) is 15.1 Å². The number of hydrogen-bond acceptors (Lipinski definition) is 8. The van der Waals surface area contributed by atoms with Crippen molar-refractivity contribution in [3.63, 3.8) is 0 Å². The number of ether oxygens (including phenoxy) is 1. The van der Waals surface area contributed by atoms with Gasteiger partial charge in [0, 0.05) is 54.6 Å². The van der Waals surface area contributed by atoms with E-state index >= 15 is 0 Å². The number of amidine groups is 1. The van der Waals surface area contributed by atoms with Gasteiger partial charge >= 0.3 is 5.97 Å². The van der Waals surface area contributed by atoms with Gasteiger partial charge in [-0.2, -0.15) is 0 Å². The molecule has 3 N–H and O–H groups in total. The Hall–Kier alpha value is -3.37. The normalized spacial score (nSPS) is 16.1. The van der Waals surface area contributed by atoms with Crippen molar-refractivity contribution in [2.75, 3.05) is 52.5 Å². The second-order valence-electron chi connectivity index (χ2n) is 9.66. The summed E-state index contributed by atoms with van der Waals surface area (Å²) < 4.78 is 5.81. The van der Waals surface area contributed by atoms with Crippen molar-refractivity contribution in [2.45, 2.75) is 22.3 Å². The summed E-state index contributed by atoms with van der Waals surface area (Å²) in [6.45, 7) is 5.97. The minimum atomic E-state index is -0.849. The minimum Gasteiger partial charge on any atom is -0.508 e. The van der Waals surface area contributed by atoms with E-state index in [1.165, 1.54) is 0 Å². The van der Waals surface area contributed by atoms with Gasteiger partial charge < -0.3 is 25.2 Å². The van der Waals surface area contributed by atoms with E-state index in [9.17, 15) is 15.0 Å². The van der Waals surface area contributed by atoms with Crippen LogP contribution in [-0.2, 0) is 16.0 Å². The monoisotopic (exact) mass is 546 g/mol.